The van der Waals surface area contributed by atoms with Gasteiger partial charge >= 0.3 is 0 Å². The van der Waals surface area contributed by atoms with Crippen molar-refractivity contribution >= 4 is 29.0 Å². The Morgan fingerprint density at radius 1 is 1.27 bits per heavy atom. The predicted octanol–water partition coefficient (Wildman–Crippen LogP) is 3.16. The summed E-state index contributed by atoms with van der Waals surface area (Å²) in [5.74, 6) is 1.84. The number of hydrogen-bond donors (Lipinski definition) is 1. The Balaban J connectivity index is 1.38. The van der Waals surface area contributed by atoms with Gasteiger partial charge in [-0.1, -0.05) is 37.7 Å². The van der Waals surface area contributed by atoms with Gasteiger partial charge in [-0.2, -0.15) is 0 Å². The van der Waals surface area contributed by atoms with Crippen LogP contribution in [-0.4, -0.2) is 45.1 Å². The molecule has 0 bridgehead atoms. The topological polar surface area (TPSA) is 91.2 Å². The number of tetrazole rings is 1. The molecule has 0 radical (unpaired) electrons. The summed E-state index contributed by atoms with van der Waals surface area (Å²) in [5.41, 5.74) is 0.995. The van der Waals surface area contributed by atoms with Crippen molar-refractivity contribution in [3.05, 3.63) is 46.2 Å². The van der Waals surface area contributed by atoms with Crippen LogP contribution in [0.15, 0.2) is 40.9 Å². The molecule has 0 aliphatic carbocycles. The van der Waals surface area contributed by atoms with Crippen LogP contribution in [0.4, 0.5) is 0 Å². The van der Waals surface area contributed by atoms with Crippen molar-refractivity contribution in [3.8, 4) is 11.5 Å². The lowest BCUT2D eigenvalue weighted by Crippen LogP contribution is -2.33. The predicted molar refractivity (Wildman–Crippen MR) is 115 cm³/mol. The summed E-state index contributed by atoms with van der Waals surface area (Å²) in [5, 5.41) is 17.6. The lowest BCUT2D eigenvalue weighted by molar-refractivity contribution is -0.119. The zero-order valence-electron chi connectivity index (χ0n) is 16.8. The van der Waals surface area contributed by atoms with Crippen molar-refractivity contribution in [2.45, 2.75) is 31.6 Å². The van der Waals surface area contributed by atoms with E-state index >= 15 is 0 Å². The van der Waals surface area contributed by atoms with Gasteiger partial charge in [0.1, 0.15) is 13.2 Å². The Morgan fingerprint density at radius 3 is 2.87 bits per heavy atom. The van der Waals surface area contributed by atoms with Gasteiger partial charge < -0.3 is 14.8 Å². The number of carbonyl (C=O) groups excluding carboxylic acids is 1. The molecule has 10 heteroatoms. The van der Waals surface area contributed by atoms with Crippen molar-refractivity contribution in [1.29, 1.82) is 0 Å². The van der Waals surface area contributed by atoms with E-state index in [2.05, 4.69) is 34.7 Å². The van der Waals surface area contributed by atoms with E-state index in [1.54, 1.807) is 16.0 Å². The molecular weight excluding hydrogens is 422 g/mol. The zero-order chi connectivity index (χ0) is 20.9. The minimum Gasteiger partial charge on any atom is -0.486 e. The average molecular weight is 446 g/mol. The minimum absolute atomic E-state index is 0.0701. The molecule has 1 N–H and O–H groups in total. The van der Waals surface area contributed by atoms with E-state index in [-0.39, 0.29) is 23.6 Å². The van der Waals surface area contributed by atoms with Crippen LogP contribution in [0.2, 0.25) is 0 Å². The average Bonchev–Trinajstić information content (AvgIpc) is 3.42. The second kappa shape index (κ2) is 9.48. The lowest BCUT2D eigenvalue weighted by atomic mass is 9.95. The third kappa shape index (κ3) is 4.93. The first-order valence-electron chi connectivity index (χ1n) is 9.70. The zero-order valence-corrected chi connectivity index (χ0v) is 18.4. The van der Waals surface area contributed by atoms with Crippen LogP contribution >= 0.6 is 23.1 Å². The van der Waals surface area contributed by atoms with Crippen LogP contribution in [0.1, 0.15) is 30.3 Å². The standard InChI is InChI=1S/C20H23N5O3S2/c1-13(2)19(14-5-6-16-17(10-14)28-8-7-27-16)21-18(26)12-30-20-22-23-24-25(20)11-15-4-3-9-29-15/h3-6,9-10,13,19H,7-8,11-12H2,1-2H3,(H,21,26). The molecule has 1 unspecified atom stereocenters. The normalized spacial score (nSPS) is 14.0. The number of rotatable bonds is 8. The summed E-state index contributed by atoms with van der Waals surface area (Å²) in [6.45, 7) is 5.85. The summed E-state index contributed by atoms with van der Waals surface area (Å²) in [6.07, 6.45) is 0. The first-order chi connectivity index (χ1) is 14.6. The molecule has 0 saturated heterocycles. The summed E-state index contributed by atoms with van der Waals surface area (Å²) in [6, 6.07) is 9.74. The minimum atomic E-state index is -0.129. The first-order valence-corrected chi connectivity index (χ1v) is 11.6. The summed E-state index contributed by atoms with van der Waals surface area (Å²) >= 11 is 2.98. The van der Waals surface area contributed by atoms with E-state index in [0.29, 0.717) is 24.9 Å². The molecule has 3 aromatic rings. The van der Waals surface area contributed by atoms with Crippen LogP contribution in [-0.2, 0) is 11.3 Å². The van der Waals surface area contributed by atoms with Crippen molar-refractivity contribution in [2.75, 3.05) is 19.0 Å². The molecule has 0 fully saturated rings. The number of ether oxygens (including phenoxy) is 2. The molecule has 1 atom stereocenters. The molecule has 3 heterocycles. The molecule has 1 amide bonds. The van der Waals surface area contributed by atoms with Gasteiger partial charge in [0.05, 0.1) is 18.3 Å². The quantitative estimate of drug-likeness (QED) is 0.533. The molecule has 1 aromatic carbocycles. The van der Waals surface area contributed by atoms with Gasteiger partial charge in [-0.25, -0.2) is 4.68 Å². The number of hydrogen-bond acceptors (Lipinski definition) is 8. The van der Waals surface area contributed by atoms with Crippen molar-refractivity contribution < 1.29 is 14.3 Å². The van der Waals surface area contributed by atoms with Crippen LogP contribution in [0.3, 0.4) is 0 Å². The Labute approximate surface area is 183 Å². The van der Waals surface area contributed by atoms with Crippen molar-refractivity contribution in [1.82, 2.24) is 25.5 Å². The first kappa shape index (κ1) is 20.7. The highest BCUT2D eigenvalue weighted by Gasteiger charge is 2.22. The van der Waals surface area contributed by atoms with Crippen LogP contribution < -0.4 is 14.8 Å². The molecule has 4 rings (SSSR count). The number of thiophene rings is 1. The molecule has 1 aliphatic rings. The Bertz CT molecular complexity index is 990. The maximum absolute atomic E-state index is 12.7. The fourth-order valence-electron chi connectivity index (χ4n) is 3.18. The third-order valence-corrected chi connectivity index (χ3v) is 6.44. The van der Waals surface area contributed by atoms with Gasteiger partial charge in [-0.3, -0.25) is 4.79 Å². The van der Waals surface area contributed by atoms with E-state index in [9.17, 15) is 4.79 Å². The molecule has 0 spiro atoms. The summed E-state index contributed by atoms with van der Waals surface area (Å²) in [4.78, 5) is 13.8. The van der Waals surface area contributed by atoms with Gasteiger partial charge in [0.2, 0.25) is 11.1 Å². The van der Waals surface area contributed by atoms with Gasteiger partial charge in [0.25, 0.3) is 0 Å². The van der Waals surface area contributed by atoms with Gasteiger partial charge in [0, 0.05) is 4.88 Å². The second-order valence-electron chi connectivity index (χ2n) is 7.18. The molecule has 8 nitrogen and oxygen atoms in total. The van der Waals surface area contributed by atoms with E-state index in [1.807, 2.05) is 35.7 Å². The van der Waals surface area contributed by atoms with Gasteiger partial charge in [0.15, 0.2) is 11.5 Å². The highest BCUT2D eigenvalue weighted by atomic mass is 32.2. The number of nitrogens with zero attached hydrogens (tertiary/aromatic N) is 4. The maximum Gasteiger partial charge on any atom is 0.230 e. The Hall–Kier alpha value is -2.59. The number of carbonyl (C=O) groups is 1. The third-order valence-electron chi connectivity index (χ3n) is 4.63. The molecule has 2 aromatic heterocycles. The molecular formula is C20H23N5O3S2. The number of thioether (sulfide) groups is 1. The lowest BCUT2D eigenvalue weighted by Gasteiger charge is -2.25. The number of nitrogens with one attached hydrogen (secondary N) is 1. The number of fused-ring (bicyclic) bond motifs is 1. The smallest absolute Gasteiger partial charge is 0.230 e. The van der Waals surface area contributed by atoms with Crippen molar-refractivity contribution in [3.63, 3.8) is 0 Å². The second-order valence-corrected chi connectivity index (χ2v) is 9.15. The van der Waals surface area contributed by atoms with E-state index in [0.717, 1.165) is 21.9 Å². The number of amides is 1. The van der Waals surface area contributed by atoms with Crippen molar-refractivity contribution in [2.24, 2.45) is 5.92 Å². The maximum atomic E-state index is 12.7. The van der Waals surface area contributed by atoms with Gasteiger partial charge in [-0.15, -0.1) is 16.4 Å². The molecule has 158 valence electrons. The van der Waals surface area contributed by atoms with Crippen LogP contribution in [0, 0.1) is 5.92 Å². The van der Waals surface area contributed by atoms with Crippen LogP contribution in [0.5, 0.6) is 11.5 Å². The number of aromatic nitrogens is 4. The Kier molecular flexibility index (Phi) is 6.53. The summed E-state index contributed by atoms with van der Waals surface area (Å²) < 4.78 is 13.0. The fourth-order valence-corrected chi connectivity index (χ4v) is 4.56. The SMILES string of the molecule is CC(C)C(NC(=O)CSc1nnnn1Cc1cccs1)c1ccc2c(c1)OCCO2. The Morgan fingerprint density at radius 2 is 2.10 bits per heavy atom. The van der Waals surface area contributed by atoms with Gasteiger partial charge in [-0.05, 0) is 45.5 Å². The van der Waals surface area contributed by atoms with E-state index in [4.69, 9.17) is 9.47 Å². The fraction of sp³-hybridized carbons (Fsp3) is 0.400. The highest BCUT2D eigenvalue weighted by molar-refractivity contribution is 7.99. The molecule has 30 heavy (non-hydrogen) atoms. The highest BCUT2D eigenvalue weighted by Crippen LogP contribution is 2.34. The van der Waals surface area contributed by atoms with E-state index < -0.39 is 0 Å². The summed E-state index contributed by atoms with van der Waals surface area (Å²) in [7, 11) is 0. The van der Waals surface area contributed by atoms with E-state index in [1.165, 1.54) is 11.8 Å². The molecule has 0 saturated carbocycles. The number of benzene rings is 1. The monoisotopic (exact) mass is 445 g/mol. The van der Waals surface area contributed by atoms with Crippen LogP contribution in [0.25, 0.3) is 0 Å². The largest absolute Gasteiger partial charge is 0.486 e. The molecule has 1 aliphatic heterocycles.